The Bertz CT molecular complexity index is 674. The lowest BCUT2D eigenvalue weighted by molar-refractivity contribution is -0.116. The van der Waals surface area contributed by atoms with Crippen molar-refractivity contribution >= 4 is 23.7 Å². The van der Waals surface area contributed by atoms with Crippen LogP contribution in [0, 0.1) is 5.92 Å². The minimum Gasteiger partial charge on any atom is -0.463 e. The first kappa shape index (κ1) is 16.5. The van der Waals surface area contributed by atoms with Gasteiger partial charge in [-0.05, 0) is 42.3 Å². The van der Waals surface area contributed by atoms with Gasteiger partial charge in [0.2, 0.25) is 5.91 Å². The number of hydrazone groups is 1. The lowest BCUT2D eigenvalue weighted by atomic mass is 10.1. The van der Waals surface area contributed by atoms with Gasteiger partial charge in [0.1, 0.15) is 5.76 Å². The van der Waals surface area contributed by atoms with Crippen molar-refractivity contribution in [2.75, 3.05) is 5.32 Å². The zero-order chi connectivity index (χ0) is 16.7. The molecule has 0 saturated carbocycles. The highest BCUT2D eigenvalue weighted by Gasteiger charge is 2.07. The lowest BCUT2D eigenvalue weighted by Crippen LogP contribution is -2.18. The molecule has 2 amide bonds. The van der Waals surface area contributed by atoms with E-state index in [2.05, 4.69) is 15.8 Å². The van der Waals surface area contributed by atoms with Crippen molar-refractivity contribution in [3.8, 4) is 0 Å². The number of hydrogen-bond donors (Lipinski definition) is 2. The maximum absolute atomic E-state index is 11.9. The van der Waals surface area contributed by atoms with Crippen LogP contribution in [0.25, 0.3) is 0 Å². The van der Waals surface area contributed by atoms with Crippen molar-refractivity contribution in [2.24, 2.45) is 11.0 Å². The summed E-state index contributed by atoms with van der Waals surface area (Å²) < 4.78 is 5.06. The van der Waals surface area contributed by atoms with E-state index in [9.17, 15) is 9.59 Å². The quantitative estimate of drug-likeness (QED) is 0.635. The molecule has 0 radical (unpaired) electrons. The molecule has 0 aliphatic heterocycles. The predicted octanol–water partition coefficient (Wildman–Crippen LogP) is 3.03. The Hall–Kier alpha value is -2.89. The number of amides is 2. The van der Waals surface area contributed by atoms with Gasteiger partial charge < -0.3 is 9.73 Å². The van der Waals surface area contributed by atoms with Gasteiger partial charge in [-0.2, -0.15) is 5.10 Å². The Morgan fingerprint density at radius 3 is 2.57 bits per heavy atom. The summed E-state index contributed by atoms with van der Waals surface area (Å²) in [6.45, 7) is 3.96. The molecule has 0 unspecified atom stereocenters. The standard InChI is InChI=1S/C17H19N3O3/c1-12(2)10-16(21)19-14-7-5-13(6-8-14)17(22)20-18-11-15-4-3-9-23-15/h3-9,11-12H,10H2,1-2H3,(H,19,21)(H,20,22). The second-order valence-corrected chi connectivity index (χ2v) is 5.44. The van der Waals surface area contributed by atoms with Crippen molar-refractivity contribution in [1.29, 1.82) is 0 Å². The number of nitrogens with zero attached hydrogens (tertiary/aromatic N) is 1. The minimum absolute atomic E-state index is 0.0414. The molecule has 6 heteroatoms. The molecule has 0 aliphatic carbocycles. The summed E-state index contributed by atoms with van der Waals surface area (Å²) in [5.74, 6) is 0.466. The largest absolute Gasteiger partial charge is 0.463 e. The van der Waals surface area contributed by atoms with Gasteiger partial charge >= 0.3 is 0 Å². The average Bonchev–Trinajstić information content (AvgIpc) is 3.00. The zero-order valence-corrected chi connectivity index (χ0v) is 13.1. The summed E-state index contributed by atoms with van der Waals surface area (Å²) in [5, 5.41) is 6.59. The van der Waals surface area contributed by atoms with Gasteiger partial charge in [0.25, 0.3) is 5.91 Å². The highest BCUT2D eigenvalue weighted by atomic mass is 16.3. The van der Waals surface area contributed by atoms with Crippen molar-refractivity contribution < 1.29 is 14.0 Å². The predicted molar refractivity (Wildman–Crippen MR) is 88.3 cm³/mol. The minimum atomic E-state index is -0.340. The molecule has 120 valence electrons. The van der Waals surface area contributed by atoms with Crippen LogP contribution in [0.15, 0.2) is 52.2 Å². The van der Waals surface area contributed by atoms with Crippen molar-refractivity contribution in [2.45, 2.75) is 20.3 Å². The topological polar surface area (TPSA) is 83.7 Å². The van der Waals surface area contributed by atoms with Gasteiger partial charge in [0.05, 0.1) is 12.5 Å². The van der Waals surface area contributed by atoms with Crippen molar-refractivity contribution in [3.05, 3.63) is 54.0 Å². The summed E-state index contributed by atoms with van der Waals surface area (Å²) >= 11 is 0. The van der Waals surface area contributed by atoms with Gasteiger partial charge in [-0.3, -0.25) is 9.59 Å². The number of nitrogens with one attached hydrogen (secondary N) is 2. The number of furan rings is 1. The highest BCUT2D eigenvalue weighted by molar-refractivity contribution is 5.96. The summed E-state index contributed by atoms with van der Waals surface area (Å²) in [7, 11) is 0. The molecular formula is C17H19N3O3. The maximum atomic E-state index is 11.9. The first-order valence-corrected chi connectivity index (χ1v) is 7.31. The molecular weight excluding hydrogens is 294 g/mol. The van der Waals surface area contributed by atoms with E-state index in [1.165, 1.54) is 12.5 Å². The number of carbonyl (C=O) groups excluding carboxylic acids is 2. The van der Waals surface area contributed by atoms with E-state index in [4.69, 9.17) is 4.42 Å². The Morgan fingerprint density at radius 2 is 1.96 bits per heavy atom. The van der Waals surface area contributed by atoms with Crippen LogP contribution in [-0.2, 0) is 4.79 Å². The molecule has 6 nitrogen and oxygen atoms in total. The van der Waals surface area contributed by atoms with Gasteiger partial charge in [0.15, 0.2) is 0 Å². The van der Waals surface area contributed by atoms with Crippen LogP contribution in [0.1, 0.15) is 36.4 Å². The normalized spacial score (nSPS) is 10.9. The molecule has 2 aromatic rings. The number of rotatable bonds is 6. The highest BCUT2D eigenvalue weighted by Crippen LogP contribution is 2.11. The molecule has 0 aliphatic rings. The molecule has 0 saturated heterocycles. The van der Waals surface area contributed by atoms with E-state index in [1.807, 2.05) is 13.8 Å². The Labute approximate surface area is 134 Å². The maximum Gasteiger partial charge on any atom is 0.271 e. The molecule has 23 heavy (non-hydrogen) atoms. The molecule has 2 N–H and O–H groups in total. The zero-order valence-electron chi connectivity index (χ0n) is 13.1. The lowest BCUT2D eigenvalue weighted by Gasteiger charge is -2.07. The smallest absolute Gasteiger partial charge is 0.271 e. The van der Waals surface area contributed by atoms with Gasteiger partial charge in [-0.15, -0.1) is 0 Å². The fourth-order valence-corrected chi connectivity index (χ4v) is 1.87. The molecule has 1 aromatic carbocycles. The third-order valence-electron chi connectivity index (χ3n) is 2.93. The van der Waals surface area contributed by atoms with Gasteiger partial charge in [0, 0.05) is 17.7 Å². The van der Waals surface area contributed by atoms with E-state index in [1.54, 1.807) is 36.4 Å². The fourth-order valence-electron chi connectivity index (χ4n) is 1.87. The number of hydrogen-bond acceptors (Lipinski definition) is 4. The van der Waals surface area contributed by atoms with E-state index in [0.29, 0.717) is 29.3 Å². The Kier molecular flexibility index (Phi) is 5.68. The van der Waals surface area contributed by atoms with Crippen LogP contribution >= 0.6 is 0 Å². The number of benzene rings is 1. The van der Waals surface area contributed by atoms with Crippen LogP contribution in [0.2, 0.25) is 0 Å². The summed E-state index contributed by atoms with van der Waals surface area (Å²) in [4.78, 5) is 23.6. The van der Waals surface area contributed by atoms with Crippen LogP contribution in [-0.4, -0.2) is 18.0 Å². The third-order valence-corrected chi connectivity index (χ3v) is 2.93. The molecule has 0 spiro atoms. The summed E-state index contributed by atoms with van der Waals surface area (Å²) in [5.41, 5.74) is 3.51. The molecule has 0 bridgehead atoms. The number of carbonyl (C=O) groups is 2. The van der Waals surface area contributed by atoms with Crippen LogP contribution in [0.5, 0.6) is 0 Å². The first-order chi connectivity index (χ1) is 11.0. The molecule has 0 fully saturated rings. The van der Waals surface area contributed by atoms with E-state index >= 15 is 0 Å². The second kappa shape index (κ2) is 7.93. The molecule has 1 heterocycles. The molecule has 1 aromatic heterocycles. The van der Waals surface area contributed by atoms with Gasteiger partial charge in [-0.25, -0.2) is 5.43 Å². The Morgan fingerprint density at radius 1 is 1.22 bits per heavy atom. The van der Waals surface area contributed by atoms with Crippen LogP contribution in [0.4, 0.5) is 5.69 Å². The van der Waals surface area contributed by atoms with Gasteiger partial charge in [-0.1, -0.05) is 13.8 Å². The van der Waals surface area contributed by atoms with E-state index in [-0.39, 0.29) is 11.8 Å². The summed E-state index contributed by atoms with van der Waals surface area (Å²) in [6.07, 6.45) is 3.40. The number of anilines is 1. The average molecular weight is 313 g/mol. The van der Waals surface area contributed by atoms with E-state index < -0.39 is 0 Å². The van der Waals surface area contributed by atoms with Crippen molar-refractivity contribution in [1.82, 2.24) is 5.43 Å². The second-order valence-electron chi connectivity index (χ2n) is 5.44. The SMILES string of the molecule is CC(C)CC(=O)Nc1ccc(C(=O)NN=Cc2ccco2)cc1. The molecule has 0 atom stereocenters. The molecule has 2 rings (SSSR count). The van der Waals surface area contributed by atoms with Crippen molar-refractivity contribution in [3.63, 3.8) is 0 Å². The van der Waals surface area contributed by atoms with Crippen LogP contribution in [0.3, 0.4) is 0 Å². The Balaban J connectivity index is 1.88. The summed E-state index contributed by atoms with van der Waals surface area (Å²) in [6, 6.07) is 10.1. The third kappa shape index (κ3) is 5.43. The van der Waals surface area contributed by atoms with Crippen LogP contribution < -0.4 is 10.7 Å². The first-order valence-electron chi connectivity index (χ1n) is 7.31. The monoisotopic (exact) mass is 313 g/mol. The fraction of sp³-hybridized carbons (Fsp3) is 0.235. The van der Waals surface area contributed by atoms with E-state index in [0.717, 1.165) is 0 Å².